The number of hydrogen-bond acceptors (Lipinski definition) is 4. The second-order valence-electron chi connectivity index (χ2n) is 6.42. The van der Waals surface area contributed by atoms with Gasteiger partial charge in [-0.25, -0.2) is 4.98 Å². The molecule has 3 rings (SSSR count). The van der Waals surface area contributed by atoms with Gasteiger partial charge in [0.05, 0.1) is 5.56 Å². The molecule has 5 nitrogen and oxygen atoms in total. The molecule has 1 aromatic heterocycles. The van der Waals surface area contributed by atoms with Crippen molar-refractivity contribution in [1.29, 1.82) is 0 Å². The third-order valence-corrected chi connectivity index (χ3v) is 4.38. The number of alkyl halides is 3. The maximum Gasteiger partial charge on any atom is 0.573 e. The summed E-state index contributed by atoms with van der Waals surface area (Å²) in [6, 6.07) is 9.27. The lowest BCUT2D eigenvalue weighted by atomic mass is 10.1. The van der Waals surface area contributed by atoms with E-state index < -0.39 is 6.36 Å². The van der Waals surface area contributed by atoms with Gasteiger partial charge >= 0.3 is 6.36 Å². The molecule has 1 aliphatic rings. The molecule has 0 radical (unpaired) electrons. The summed E-state index contributed by atoms with van der Waals surface area (Å²) >= 11 is 0. The van der Waals surface area contributed by atoms with Gasteiger partial charge in [0, 0.05) is 38.4 Å². The SMILES string of the molecule is CN(Cc1ccccc1OC(F)(F)F)C(=O)c1ccc(N2CCCC2)nc1. The summed E-state index contributed by atoms with van der Waals surface area (Å²) in [5, 5.41) is 0. The van der Waals surface area contributed by atoms with E-state index in [9.17, 15) is 18.0 Å². The van der Waals surface area contributed by atoms with Crippen molar-refractivity contribution in [2.24, 2.45) is 0 Å². The van der Waals surface area contributed by atoms with Crippen LogP contribution in [-0.4, -0.2) is 42.3 Å². The van der Waals surface area contributed by atoms with E-state index in [0.29, 0.717) is 5.56 Å². The highest BCUT2D eigenvalue weighted by atomic mass is 19.4. The van der Waals surface area contributed by atoms with Crippen LogP contribution < -0.4 is 9.64 Å². The van der Waals surface area contributed by atoms with Crippen LogP contribution in [0.3, 0.4) is 0 Å². The normalized spacial score (nSPS) is 14.3. The molecular weight excluding hydrogens is 359 g/mol. The summed E-state index contributed by atoms with van der Waals surface area (Å²) in [6.45, 7) is 1.89. The van der Waals surface area contributed by atoms with Gasteiger partial charge in [-0.2, -0.15) is 0 Å². The van der Waals surface area contributed by atoms with Gasteiger partial charge in [0.15, 0.2) is 0 Å². The Bertz CT molecular complexity index is 788. The van der Waals surface area contributed by atoms with Crippen LogP contribution in [0, 0.1) is 0 Å². The molecule has 2 aromatic rings. The Kier molecular flexibility index (Phi) is 5.53. The van der Waals surface area contributed by atoms with Gasteiger partial charge in [-0.1, -0.05) is 18.2 Å². The summed E-state index contributed by atoms with van der Waals surface area (Å²) in [7, 11) is 1.53. The molecule has 0 unspecified atom stereocenters. The van der Waals surface area contributed by atoms with Gasteiger partial charge in [-0.3, -0.25) is 4.79 Å². The van der Waals surface area contributed by atoms with Crippen molar-refractivity contribution in [1.82, 2.24) is 9.88 Å². The number of anilines is 1. The molecule has 8 heteroatoms. The van der Waals surface area contributed by atoms with Gasteiger partial charge < -0.3 is 14.5 Å². The van der Waals surface area contributed by atoms with Crippen LogP contribution in [-0.2, 0) is 6.54 Å². The second-order valence-corrected chi connectivity index (χ2v) is 6.42. The first-order chi connectivity index (χ1) is 12.8. The Morgan fingerprint density at radius 2 is 1.89 bits per heavy atom. The Morgan fingerprint density at radius 3 is 2.52 bits per heavy atom. The predicted octanol–water partition coefficient (Wildman–Crippen LogP) is 3.85. The predicted molar refractivity (Wildman–Crippen MR) is 94.6 cm³/mol. The topological polar surface area (TPSA) is 45.7 Å². The maximum absolute atomic E-state index is 12.6. The number of pyridine rings is 1. The zero-order valence-corrected chi connectivity index (χ0v) is 14.9. The third-order valence-electron chi connectivity index (χ3n) is 4.38. The Balaban J connectivity index is 1.69. The highest BCUT2D eigenvalue weighted by Gasteiger charge is 2.32. The summed E-state index contributed by atoms with van der Waals surface area (Å²) < 4.78 is 41.6. The van der Waals surface area contributed by atoms with E-state index in [1.54, 1.807) is 18.2 Å². The zero-order valence-electron chi connectivity index (χ0n) is 14.9. The number of carbonyl (C=O) groups is 1. The number of hydrogen-bond donors (Lipinski definition) is 0. The van der Waals surface area contributed by atoms with Crippen LogP contribution >= 0.6 is 0 Å². The number of para-hydroxylation sites is 1. The molecule has 1 amide bonds. The van der Waals surface area contributed by atoms with Crippen molar-refractivity contribution in [3.05, 3.63) is 53.7 Å². The van der Waals surface area contributed by atoms with E-state index in [1.807, 2.05) is 0 Å². The van der Waals surface area contributed by atoms with Crippen molar-refractivity contribution >= 4 is 11.7 Å². The minimum Gasteiger partial charge on any atom is -0.405 e. The van der Waals surface area contributed by atoms with E-state index in [-0.39, 0.29) is 23.8 Å². The summed E-state index contributed by atoms with van der Waals surface area (Å²) in [5.74, 6) is 0.195. The second kappa shape index (κ2) is 7.85. The molecule has 0 spiro atoms. The van der Waals surface area contributed by atoms with Gasteiger partial charge in [-0.15, -0.1) is 13.2 Å². The molecule has 1 aromatic carbocycles. The fraction of sp³-hybridized carbons (Fsp3) is 0.368. The molecular formula is C19H20F3N3O2. The molecule has 0 aliphatic carbocycles. The Morgan fingerprint density at radius 1 is 1.19 bits per heavy atom. The lowest BCUT2D eigenvalue weighted by molar-refractivity contribution is -0.275. The van der Waals surface area contributed by atoms with E-state index in [2.05, 4.69) is 14.6 Å². The van der Waals surface area contributed by atoms with Gasteiger partial charge in [-0.05, 0) is 31.0 Å². The van der Waals surface area contributed by atoms with E-state index >= 15 is 0 Å². The molecule has 2 heterocycles. The van der Waals surface area contributed by atoms with Crippen LogP contribution in [0.4, 0.5) is 19.0 Å². The molecule has 1 fully saturated rings. The number of nitrogens with zero attached hydrogens (tertiary/aromatic N) is 3. The zero-order chi connectivity index (χ0) is 19.4. The molecule has 0 atom stereocenters. The highest BCUT2D eigenvalue weighted by molar-refractivity contribution is 5.93. The van der Waals surface area contributed by atoms with Crippen LogP contribution in [0.5, 0.6) is 5.75 Å². The number of ether oxygens (including phenoxy) is 1. The number of amides is 1. The standard InChI is InChI=1S/C19H20F3N3O2/c1-24(13-15-6-2-3-7-16(15)27-19(20,21)22)18(26)14-8-9-17(23-12-14)25-10-4-5-11-25/h2-3,6-9,12H,4-5,10-11,13H2,1H3. The average Bonchev–Trinajstić information content (AvgIpc) is 3.16. The van der Waals surface area contributed by atoms with E-state index in [4.69, 9.17) is 0 Å². The molecule has 144 valence electrons. The molecule has 0 saturated carbocycles. The van der Waals surface area contributed by atoms with Crippen molar-refractivity contribution in [2.75, 3.05) is 25.0 Å². The smallest absolute Gasteiger partial charge is 0.405 e. The number of carbonyl (C=O) groups excluding carboxylic acids is 1. The summed E-state index contributed by atoms with van der Waals surface area (Å²) in [4.78, 5) is 20.4. The largest absolute Gasteiger partial charge is 0.573 e. The first-order valence-electron chi connectivity index (χ1n) is 8.63. The van der Waals surface area contributed by atoms with Gasteiger partial charge in [0.1, 0.15) is 11.6 Å². The molecule has 0 N–H and O–H groups in total. The van der Waals surface area contributed by atoms with Crippen molar-refractivity contribution in [3.8, 4) is 5.75 Å². The minimum atomic E-state index is -4.78. The van der Waals surface area contributed by atoms with Crippen molar-refractivity contribution in [3.63, 3.8) is 0 Å². The minimum absolute atomic E-state index is 0.0149. The lowest BCUT2D eigenvalue weighted by Gasteiger charge is -2.20. The van der Waals surface area contributed by atoms with Crippen molar-refractivity contribution in [2.45, 2.75) is 25.7 Å². The monoisotopic (exact) mass is 379 g/mol. The third kappa shape index (κ3) is 4.90. The number of benzene rings is 1. The fourth-order valence-corrected chi connectivity index (χ4v) is 3.05. The van der Waals surface area contributed by atoms with Gasteiger partial charge in [0.25, 0.3) is 5.91 Å². The van der Waals surface area contributed by atoms with Crippen LogP contribution in [0.15, 0.2) is 42.6 Å². The quantitative estimate of drug-likeness (QED) is 0.792. The lowest BCUT2D eigenvalue weighted by Crippen LogP contribution is -2.27. The summed E-state index contributed by atoms with van der Waals surface area (Å²) in [5.41, 5.74) is 0.655. The van der Waals surface area contributed by atoms with Crippen molar-refractivity contribution < 1.29 is 22.7 Å². The first kappa shape index (κ1) is 19.0. The maximum atomic E-state index is 12.6. The molecule has 1 aliphatic heterocycles. The van der Waals surface area contributed by atoms with Crippen LogP contribution in [0.2, 0.25) is 0 Å². The van der Waals surface area contributed by atoms with E-state index in [1.165, 1.54) is 36.3 Å². The number of aromatic nitrogens is 1. The Labute approximate surface area is 155 Å². The molecule has 0 bridgehead atoms. The Hall–Kier alpha value is -2.77. The van der Waals surface area contributed by atoms with Crippen LogP contribution in [0.25, 0.3) is 0 Å². The molecule has 27 heavy (non-hydrogen) atoms. The number of rotatable bonds is 5. The summed E-state index contributed by atoms with van der Waals surface area (Å²) in [6.07, 6.45) is -1.02. The fourth-order valence-electron chi connectivity index (χ4n) is 3.05. The van der Waals surface area contributed by atoms with E-state index in [0.717, 1.165) is 31.7 Å². The highest BCUT2D eigenvalue weighted by Crippen LogP contribution is 2.27. The average molecular weight is 379 g/mol. The molecule has 1 saturated heterocycles. The van der Waals surface area contributed by atoms with Gasteiger partial charge in [0.2, 0.25) is 0 Å². The first-order valence-corrected chi connectivity index (χ1v) is 8.63. The number of halogens is 3. The van der Waals surface area contributed by atoms with Crippen LogP contribution in [0.1, 0.15) is 28.8 Å².